The Balaban J connectivity index is 2.13. The van der Waals surface area contributed by atoms with Crippen molar-refractivity contribution in [1.82, 2.24) is 20.1 Å². The lowest BCUT2D eigenvalue weighted by molar-refractivity contribution is 0.597. The zero-order chi connectivity index (χ0) is 14.6. The molecular weight excluding hydrogens is 278 g/mol. The van der Waals surface area contributed by atoms with E-state index in [2.05, 4.69) is 20.1 Å². The van der Waals surface area contributed by atoms with Gasteiger partial charge in [-0.05, 0) is 18.2 Å². The molecule has 2 aromatic heterocycles. The lowest BCUT2D eigenvalue weighted by Crippen LogP contribution is -2.16. The normalized spacial score (nSPS) is 11.5. The van der Waals surface area contributed by atoms with Gasteiger partial charge in [-0.15, -0.1) is 0 Å². The Morgan fingerprint density at radius 1 is 1.30 bits per heavy atom. The molecule has 0 amide bonds. The summed E-state index contributed by atoms with van der Waals surface area (Å²) >= 11 is 0. The Kier molecular flexibility index (Phi) is 4.35. The molecule has 0 saturated heterocycles. The van der Waals surface area contributed by atoms with Crippen LogP contribution in [0, 0.1) is 0 Å². The average Bonchev–Trinajstić information content (AvgIpc) is 2.81. The van der Waals surface area contributed by atoms with E-state index in [0.717, 1.165) is 12.1 Å². The molecule has 0 bridgehead atoms. The van der Waals surface area contributed by atoms with E-state index in [4.69, 9.17) is 0 Å². The number of aryl methyl sites for hydroxylation is 1. The number of nitrogens with one attached hydrogen (secondary N) is 2. The molecule has 0 spiro atoms. The molecule has 8 heteroatoms. The van der Waals surface area contributed by atoms with Crippen molar-refractivity contribution >= 4 is 15.8 Å². The molecule has 7 nitrogen and oxygen atoms in total. The van der Waals surface area contributed by atoms with Crippen molar-refractivity contribution in [3.8, 4) is 0 Å². The van der Waals surface area contributed by atoms with Crippen LogP contribution in [0.1, 0.15) is 12.5 Å². The molecule has 108 valence electrons. The molecule has 2 heterocycles. The van der Waals surface area contributed by atoms with Crippen LogP contribution in [-0.4, -0.2) is 29.7 Å². The Bertz CT molecular complexity index is 663. The van der Waals surface area contributed by atoms with Crippen molar-refractivity contribution in [3.63, 3.8) is 0 Å². The van der Waals surface area contributed by atoms with Crippen molar-refractivity contribution in [2.45, 2.75) is 18.5 Å². The highest BCUT2D eigenvalue weighted by Gasteiger charge is 2.16. The van der Waals surface area contributed by atoms with E-state index in [1.54, 1.807) is 31.6 Å². The van der Waals surface area contributed by atoms with Crippen LogP contribution in [0.2, 0.25) is 0 Å². The summed E-state index contributed by atoms with van der Waals surface area (Å²) in [4.78, 5) is 3.98. The third kappa shape index (κ3) is 3.55. The first kappa shape index (κ1) is 14.5. The van der Waals surface area contributed by atoms with Crippen molar-refractivity contribution < 1.29 is 8.42 Å². The van der Waals surface area contributed by atoms with Crippen molar-refractivity contribution in [2.24, 2.45) is 7.05 Å². The fraction of sp³-hybridized carbons (Fsp3) is 0.333. The summed E-state index contributed by atoms with van der Waals surface area (Å²) in [6, 6.07) is 4.80. The first-order chi connectivity index (χ1) is 9.51. The minimum atomic E-state index is -3.69. The average molecular weight is 295 g/mol. The first-order valence-corrected chi connectivity index (χ1v) is 7.67. The van der Waals surface area contributed by atoms with Crippen LogP contribution in [0.5, 0.6) is 0 Å². The van der Waals surface area contributed by atoms with Crippen molar-refractivity contribution in [2.75, 3.05) is 11.3 Å². The van der Waals surface area contributed by atoms with E-state index in [1.807, 2.05) is 6.92 Å². The molecule has 0 atom stereocenters. The monoisotopic (exact) mass is 295 g/mol. The maximum atomic E-state index is 12.1. The van der Waals surface area contributed by atoms with E-state index in [-0.39, 0.29) is 10.8 Å². The summed E-state index contributed by atoms with van der Waals surface area (Å²) in [5.41, 5.74) is 0.934. The predicted molar refractivity (Wildman–Crippen MR) is 75.6 cm³/mol. The van der Waals surface area contributed by atoms with Crippen molar-refractivity contribution in [3.05, 3.63) is 36.2 Å². The van der Waals surface area contributed by atoms with Gasteiger partial charge >= 0.3 is 0 Å². The highest BCUT2D eigenvalue weighted by Crippen LogP contribution is 2.12. The lowest BCUT2D eigenvalue weighted by Gasteiger charge is -2.06. The summed E-state index contributed by atoms with van der Waals surface area (Å²) < 4.78 is 28.1. The van der Waals surface area contributed by atoms with Gasteiger partial charge in [0.2, 0.25) is 0 Å². The fourth-order valence-electron chi connectivity index (χ4n) is 1.60. The topological polar surface area (TPSA) is 88.9 Å². The predicted octanol–water partition coefficient (Wildman–Crippen LogP) is 0.725. The van der Waals surface area contributed by atoms with Gasteiger partial charge in [0, 0.05) is 32.1 Å². The molecule has 0 aliphatic heterocycles. The second-order valence-electron chi connectivity index (χ2n) is 4.27. The maximum absolute atomic E-state index is 12.1. The number of hydrogen-bond acceptors (Lipinski definition) is 5. The number of pyridine rings is 1. The molecule has 20 heavy (non-hydrogen) atoms. The van der Waals surface area contributed by atoms with Gasteiger partial charge in [-0.1, -0.05) is 13.0 Å². The van der Waals surface area contributed by atoms with Gasteiger partial charge in [-0.25, -0.2) is 4.98 Å². The van der Waals surface area contributed by atoms with E-state index in [9.17, 15) is 8.42 Å². The largest absolute Gasteiger partial charge is 0.313 e. The number of hydrogen-bond donors (Lipinski definition) is 2. The van der Waals surface area contributed by atoms with Crippen LogP contribution in [0.25, 0.3) is 0 Å². The van der Waals surface area contributed by atoms with E-state index < -0.39 is 10.0 Å². The highest BCUT2D eigenvalue weighted by molar-refractivity contribution is 7.92. The Morgan fingerprint density at radius 2 is 2.10 bits per heavy atom. The van der Waals surface area contributed by atoms with E-state index in [0.29, 0.717) is 6.54 Å². The number of sulfonamides is 1. The molecule has 0 fully saturated rings. The Labute approximate surface area is 118 Å². The van der Waals surface area contributed by atoms with Crippen LogP contribution in [-0.2, 0) is 23.6 Å². The van der Waals surface area contributed by atoms with Gasteiger partial charge in [-0.2, -0.15) is 13.5 Å². The molecule has 0 radical (unpaired) electrons. The van der Waals surface area contributed by atoms with Crippen LogP contribution in [0.15, 0.2) is 35.6 Å². The summed E-state index contributed by atoms with van der Waals surface area (Å²) in [5.74, 6) is 0.269. The van der Waals surface area contributed by atoms with Crippen LogP contribution < -0.4 is 10.0 Å². The van der Waals surface area contributed by atoms with Crippen LogP contribution >= 0.6 is 0 Å². The molecule has 2 N–H and O–H groups in total. The van der Waals surface area contributed by atoms with E-state index >= 15 is 0 Å². The Morgan fingerprint density at radius 3 is 2.65 bits per heavy atom. The van der Waals surface area contributed by atoms with Gasteiger partial charge in [0.25, 0.3) is 10.0 Å². The molecule has 2 aromatic rings. The molecule has 0 aliphatic carbocycles. The SMILES string of the molecule is CCNCc1ccc(S(=O)(=O)Nc2ccn(C)n2)nc1. The standard InChI is InChI=1S/C12H17N5O2S/c1-3-13-8-10-4-5-12(14-9-10)20(18,19)16-11-6-7-17(2)15-11/h4-7,9,13H,3,8H2,1-2H3,(H,15,16). The second kappa shape index (κ2) is 6.02. The third-order valence-corrected chi connectivity index (χ3v) is 3.87. The third-order valence-electron chi connectivity index (χ3n) is 2.60. The summed E-state index contributed by atoms with van der Waals surface area (Å²) in [6.07, 6.45) is 3.21. The van der Waals surface area contributed by atoms with Gasteiger partial charge in [-0.3, -0.25) is 9.40 Å². The minimum Gasteiger partial charge on any atom is -0.313 e. The van der Waals surface area contributed by atoms with Crippen LogP contribution in [0.3, 0.4) is 0 Å². The quantitative estimate of drug-likeness (QED) is 0.820. The fourth-order valence-corrected chi connectivity index (χ4v) is 2.53. The number of nitrogens with zero attached hydrogens (tertiary/aromatic N) is 3. The van der Waals surface area contributed by atoms with Gasteiger partial charge < -0.3 is 5.32 Å². The molecule has 2 rings (SSSR count). The van der Waals surface area contributed by atoms with Crippen molar-refractivity contribution in [1.29, 1.82) is 0 Å². The zero-order valence-corrected chi connectivity index (χ0v) is 12.2. The first-order valence-electron chi connectivity index (χ1n) is 6.19. The van der Waals surface area contributed by atoms with Gasteiger partial charge in [0.15, 0.2) is 10.8 Å². The minimum absolute atomic E-state index is 0.0246. The number of aromatic nitrogens is 3. The lowest BCUT2D eigenvalue weighted by atomic mass is 10.3. The second-order valence-corrected chi connectivity index (χ2v) is 5.89. The summed E-state index contributed by atoms with van der Waals surface area (Å²) in [5, 5.41) is 7.09. The van der Waals surface area contributed by atoms with Crippen LogP contribution in [0.4, 0.5) is 5.82 Å². The summed E-state index contributed by atoms with van der Waals surface area (Å²) in [6.45, 7) is 3.52. The molecule has 0 saturated carbocycles. The maximum Gasteiger partial charge on any atom is 0.280 e. The number of rotatable bonds is 6. The molecule has 0 aliphatic rings. The zero-order valence-electron chi connectivity index (χ0n) is 11.4. The smallest absolute Gasteiger partial charge is 0.280 e. The summed E-state index contributed by atoms with van der Waals surface area (Å²) in [7, 11) is -1.98. The van der Waals surface area contributed by atoms with Gasteiger partial charge in [0.1, 0.15) is 0 Å². The molecule has 0 aromatic carbocycles. The highest BCUT2D eigenvalue weighted by atomic mass is 32.2. The van der Waals surface area contributed by atoms with E-state index in [1.165, 1.54) is 10.7 Å². The number of anilines is 1. The molecular formula is C12H17N5O2S. The molecule has 0 unspecified atom stereocenters. The van der Waals surface area contributed by atoms with Gasteiger partial charge in [0.05, 0.1) is 0 Å². The Hall–Kier alpha value is -1.93.